The van der Waals surface area contributed by atoms with Crippen molar-refractivity contribution >= 4 is 0 Å². The van der Waals surface area contributed by atoms with E-state index in [2.05, 4.69) is 19.2 Å². The largest absolute Gasteiger partial charge is 0.392 e. The van der Waals surface area contributed by atoms with Crippen LogP contribution in [0.3, 0.4) is 0 Å². The summed E-state index contributed by atoms with van der Waals surface area (Å²) in [6.45, 7) is 5.77. The Morgan fingerprint density at radius 3 is 2.50 bits per heavy atom. The summed E-state index contributed by atoms with van der Waals surface area (Å²) in [4.78, 5) is 0. The van der Waals surface area contributed by atoms with E-state index in [0.717, 1.165) is 25.3 Å². The maximum absolute atomic E-state index is 9.77. The van der Waals surface area contributed by atoms with Gasteiger partial charge in [0.15, 0.2) is 0 Å². The third kappa shape index (κ3) is 2.29. The van der Waals surface area contributed by atoms with Crippen LogP contribution in [0.25, 0.3) is 0 Å². The van der Waals surface area contributed by atoms with Crippen molar-refractivity contribution in [2.24, 2.45) is 11.3 Å². The average molecular weight is 197 g/mol. The zero-order valence-corrected chi connectivity index (χ0v) is 9.42. The van der Waals surface area contributed by atoms with Gasteiger partial charge in [-0.15, -0.1) is 0 Å². The zero-order chi connectivity index (χ0) is 10.2. The normalized spacial score (nSPS) is 40.9. The number of nitrogens with one attached hydrogen (secondary N) is 1. The Kier molecular flexibility index (Phi) is 2.85. The molecule has 0 amide bonds. The van der Waals surface area contributed by atoms with Crippen molar-refractivity contribution in [1.29, 1.82) is 0 Å². The lowest BCUT2D eigenvalue weighted by Gasteiger charge is -2.28. The Balaban J connectivity index is 1.70. The van der Waals surface area contributed by atoms with Crippen molar-refractivity contribution in [3.05, 3.63) is 0 Å². The lowest BCUT2D eigenvalue weighted by atomic mass is 9.92. The SMILES string of the molecule is CC1(C)CC1CN[C@H]1CCCC[C@@H]1O. The summed E-state index contributed by atoms with van der Waals surface area (Å²) in [6, 6.07) is 0.375. The minimum absolute atomic E-state index is 0.0920. The lowest BCUT2D eigenvalue weighted by molar-refractivity contribution is 0.0900. The van der Waals surface area contributed by atoms with Crippen LogP contribution in [0.15, 0.2) is 0 Å². The summed E-state index contributed by atoms with van der Waals surface area (Å²) in [5.74, 6) is 0.844. The first-order valence-corrected chi connectivity index (χ1v) is 6.01. The molecule has 3 atom stereocenters. The predicted molar refractivity (Wildman–Crippen MR) is 58.2 cm³/mol. The molecule has 0 radical (unpaired) electrons. The zero-order valence-electron chi connectivity index (χ0n) is 9.42. The summed E-state index contributed by atoms with van der Waals surface area (Å²) in [5, 5.41) is 13.3. The van der Waals surface area contributed by atoms with Crippen molar-refractivity contribution in [3.63, 3.8) is 0 Å². The second kappa shape index (κ2) is 3.82. The Labute approximate surface area is 87.1 Å². The van der Waals surface area contributed by atoms with Gasteiger partial charge < -0.3 is 10.4 Å². The molecule has 0 aliphatic heterocycles. The van der Waals surface area contributed by atoms with Gasteiger partial charge >= 0.3 is 0 Å². The second-order valence-corrected chi connectivity index (χ2v) is 5.76. The van der Waals surface area contributed by atoms with Gasteiger partial charge in [-0.05, 0) is 37.1 Å². The van der Waals surface area contributed by atoms with E-state index in [0.29, 0.717) is 11.5 Å². The fraction of sp³-hybridized carbons (Fsp3) is 1.00. The molecule has 2 fully saturated rings. The second-order valence-electron chi connectivity index (χ2n) is 5.76. The molecule has 1 unspecified atom stereocenters. The van der Waals surface area contributed by atoms with Gasteiger partial charge in [-0.3, -0.25) is 0 Å². The third-order valence-electron chi connectivity index (χ3n) is 4.07. The molecule has 2 rings (SSSR count). The van der Waals surface area contributed by atoms with Crippen molar-refractivity contribution in [2.75, 3.05) is 6.54 Å². The van der Waals surface area contributed by atoms with Gasteiger partial charge in [0.05, 0.1) is 6.10 Å². The highest BCUT2D eigenvalue weighted by Gasteiger charge is 2.45. The monoisotopic (exact) mass is 197 g/mol. The summed E-state index contributed by atoms with van der Waals surface area (Å²) in [7, 11) is 0. The topological polar surface area (TPSA) is 32.3 Å². The fourth-order valence-electron chi connectivity index (χ4n) is 2.57. The molecule has 2 saturated carbocycles. The predicted octanol–water partition coefficient (Wildman–Crippen LogP) is 1.93. The van der Waals surface area contributed by atoms with Gasteiger partial charge in [-0.1, -0.05) is 26.7 Å². The van der Waals surface area contributed by atoms with Crippen molar-refractivity contribution in [1.82, 2.24) is 5.32 Å². The number of aliphatic hydroxyl groups is 1. The van der Waals surface area contributed by atoms with E-state index >= 15 is 0 Å². The molecule has 0 spiro atoms. The molecule has 14 heavy (non-hydrogen) atoms. The van der Waals surface area contributed by atoms with Crippen LogP contribution < -0.4 is 5.32 Å². The highest BCUT2D eigenvalue weighted by Crippen LogP contribution is 2.51. The number of hydrogen-bond acceptors (Lipinski definition) is 2. The average Bonchev–Trinajstić information content (AvgIpc) is 2.73. The van der Waals surface area contributed by atoms with E-state index in [1.807, 2.05) is 0 Å². The highest BCUT2D eigenvalue weighted by atomic mass is 16.3. The quantitative estimate of drug-likeness (QED) is 0.724. The maximum Gasteiger partial charge on any atom is 0.0693 e. The minimum Gasteiger partial charge on any atom is -0.392 e. The van der Waals surface area contributed by atoms with Crippen molar-refractivity contribution in [2.45, 2.75) is 58.1 Å². The molecule has 0 bridgehead atoms. The lowest BCUT2D eigenvalue weighted by Crippen LogP contribution is -2.43. The smallest absolute Gasteiger partial charge is 0.0693 e. The van der Waals surface area contributed by atoms with Crippen LogP contribution in [0.4, 0.5) is 0 Å². The highest BCUT2D eigenvalue weighted by molar-refractivity contribution is 4.97. The summed E-state index contributed by atoms with van der Waals surface area (Å²) in [5.41, 5.74) is 0.562. The third-order valence-corrected chi connectivity index (χ3v) is 4.07. The molecule has 0 aromatic rings. The number of hydrogen-bond donors (Lipinski definition) is 2. The summed E-state index contributed by atoms with van der Waals surface area (Å²) >= 11 is 0. The molecule has 0 aromatic carbocycles. The number of aliphatic hydroxyl groups excluding tert-OH is 1. The van der Waals surface area contributed by atoms with E-state index in [1.165, 1.54) is 19.3 Å². The van der Waals surface area contributed by atoms with Crippen LogP contribution in [0.2, 0.25) is 0 Å². The van der Waals surface area contributed by atoms with Crippen LogP contribution in [-0.2, 0) is 0 Å². The summed E-state index contributed by atoms with van der Waals surface area (Å²) < 4.78 is 0. The van der Waals surface area contributed by atoms with E-state index in [1.54, 1.807) is 0 Å². The van der Waals surface area contributed by atoms with Gasteiger partial charge in [0.25, 0.3) is 0 Å². The van der Waals surface area contributed by atoms with Gasteiger partial charge in [0, 0.05) is 6.04 Å². The molecule has 0 aromatic heterocycles. The van der Waals surface area contributed by atoms with Crippen LogP contribution in [0, 0.1) is 11.3 Å². The van der Waals surface area contributed by atoms with Crippen LogP contribution in [-0.4, -0.2) is 23.8 Å². The fourth-order valence-corrected chi connectivity index (χ4v) is 2.57. The first-order chi connectivity index (χ1) is 6.59. The van der Waals surface area contributed by atoms with Gasteiger partial charge in [0.2, 0.25) is 0 Å². The molecule has 0 heterocycles. The molecular formula is C12H23NO. The van der Waals surface area contributed by atoms with Crippen molar-refractivity contribution in [3.8, 4) is 0 Å². The standard InChI is InChI=1S/C12H23NO/c1-12(2)7-9(12)8-13-10-5-3-4-6-11(10)14/h9-11,13-14H,3-8H2,1-2H3/t9?,10-,11-/m0/s1. The van der Waals surface area contributed by atoms with Crippen LogP contribution in [0.1, 0.15) is 46.0 Å². The van der Waals surface area contributed by atoms with E-state index in [4.69, 9.17) is 0 Å². The Hall–Kier alpha value is -0.0800. The maximum atomic E-state index is 9.77. The van der Waals surface area contributed by atoms with Crippen molar-refractivity contribution < 1.29 is 5.11 Å². The molecule has 2 nitrogen and oxygen atoms in total. The molecule has 2 aliphatic carbocycles. The Bertz CT molecular complexity index is 202. The molecule has 2 aliphatic rings. The summed E-state index contributed by atoms with van der Waals surface area (Å²) in [6.07, 6.45) is 5.89. The first kappa shape index (κ1) is 10.4. The van der Waals surface area contributed by atoms with Gasteiger partial charge in [-0.25, -0.2) is 0 Å². The van der Waals surface area contributed by atoms with E-state index in [9.17, 15) is 5.11 Å². The molecule has 82 valence electrons. The van der Waals surface area contributed by atoms with Gasteiger partial charge in [-0.2, -0.15) is 0 Å². The van der Waals surface area contributed by atoms with Crippen LogP contribution in [0.5, 0.6) is 0 Å². The van der Waals surface area contributed by atoms with E-state index in [-0.39, 0.29) is 6.10 Å². The molecule has 2 N–H and O–H groups in total. The van der Waals surface area contributed by atoms with Gasteiger partial charge in [0.1, 0.15) is 0 Å². The Morgan fingerprint density at radius 1 is 1.29 bits per heavy atom. The van der Waals surface area contributed by atoms with E-state index < -0.39 is 0 Å². The molecular weight excluding hydrogens is 174 g/mol. The molecule has 2 heteroatoms. The minimum atomic E-state index is -0.0920. The molecule has 0 saturated heterocycles. The Morgan fingerprint density at radius 2 is 1.93 bits per heavy atom. The number of rotatable bonds is 3. The van der Waals surface area contributed by atoms with Crippen LogP contribution >= 0.6 is 0 Å². The first-order valence-electron chi connectivity index (χ1n) is 6.01.